The van der Waals surface area contributed by atoms with Crippen molar-refractivity contribution in [2.45, 2.75) is 38.1 Å². The first-order chi connectivity index (χ1) is 6.74. The lowest BCUT2D eigenvalue weighted by Crippen LogP contribution is -2.28. The Kier molecular flexibility index (Phi) is 3.47. The maximum Gasteiger partial charge on any atom is 0.0897 e. The van der Waals surface area contributed by atoms with Crippen molar-refractivity contribution in [3.63, 3.8) is 0 Å². The van der Waals surface area contributed by atoms with Gasteiger partial charge in [-0.3, -0.25) is 0 Å². The maximum atomic E-state index is 4.25. The van der Waals surface area contributed by atoms with Crippen molar-refractivity contribution in [3.8, 4) is 0 Å². The van der Waals surface area contributed by atoms with Gasteiger partial charge in [0.25, 0.3) is 0 Å². The Morgan fingerprint density at radius 3 is 3.07 bits per heavy atom. The Balaban J connectivity index is 1.77. The fourth-order valence-electron chi connectivity index (χ4n) is 1.69. The van der Waals surface area contributed by atoms with Crippen molar-refractivity contribution in [2.24, 2.45) is 0 Å². The highest BCUT2D eigenvalue weighted by Crippen LogP contribution is 2.26. The molecule has 1 aromatic rings. The molecule has 1 N–H and O–H groups in total. The standard InChI is InChI=1S/C10H16N2S2/c1-7-3-9(6-13-7)12-5-10-4-11-8(2)14-10/h4,7,9,12H,3,5-6H2,1-2H3. The van der Waals surface area contributed by atoms with Crippen LogP contribution in [0.3, 0.4) is 0 Å². The highest BCUT2D eigenvalue weighted by Gasteiger charge is 2.21. The molecule has 2 atom stereocenters. The van der Waals surface area contributed by atoms with E-state index in [4.69, 9.17) is 0 Å². The second kappa shape index (κ2) is 4.64. The molecule has 0 radical (unpaired) electrons. The van der Waals surface area contributed by atoms with Crippen LogP contribution < -0.4 is 5.32 Å². The normalized spacial score (nSPS) is 27.0. The Bertz CT molecular complexity index is 298. The molecule has 2 rings (SSSR count). The topological polar surface area (TPSA) is 24.9 Å². The summed E-state index contributed by atoms with van der Waals surface area (Å²) in [4.78, 5) is 5.60. The Morgan fingerprint density at radius 2 is 2.50 bits per heavy atom. The molecule has 2 unspecified atom stereocenters. The van der Waals surface area contributed by atoms with Gasteiger partial charge in [-0.2, -0.15) is 11.8 Å². The van der Waals surface area contributed by atoms with Crippen molar-refractivity contribution in [3.05, 3.63) is 16.1 Å². The molecule has 1 saturated heterocycles. The molecule has 0 saturated carbocycles. The van der Waals surface area contributed by atoms with E-state index in [9.17, 15) is 0 Å². The number of rotatable bonds is 3. The first-order valence-corrected chi connectivity index (χ1v) is 6.87. The number of nitrogens with one attached hydrogen (secondary N) is 1. The lowest BCUT2D eigenvalue weighted by Gasteiger charge is -2.09. The minimum Gasteiger partial charge on any atom is -0.308 e. The molecule has 0 aromatic carbocycles. The molecule has 4 heteroatoms. The molecule has 1 fully saturated rings. The zero-order chi connectivity index (χ0) is 9.97. The number of thiazole rings is 1. The summed E-state index contributed by atoms with van der Waals surface area (Å²) in [7, 11) is 0. The molecule has 0 amide bonds. The van der Waals surface area contributed by atoms with Gasteiger partial charge in [-0.1, -0.05) is 6.92 Å². The third-order valence-corrected chi connectivity index (χ3v) is 4.70. The van der Waals surface area contributed by atoms with Crippen molar-refractivity contribution in [1.29, 1.82) is 0 Å². The van der Waals surface area contributed by atoms with Crippen LogP contribution >= 0.6 is 23.1 Å². The summed E-state index contributed by atoms with van der Waals surface area (Å²) in [6.07, 6.45) is 3.29. The molecule has 14 heavy (non-hydrogen) atoms. The summed E-state index contributed by atoms with van der Waals surface area (Å²) in [6.45, 7) is 5.36. The van der Waals surface area contributed by atoms with Crippen LogP contribution in [0.1, 0.15) is 23.2 Å². The minimum atomic E-state index is 0.706. The molecule has 1 aliphatic rings. The summed E-state index contributed by atoms with van der Waals surface area (Å²) in [5.74, 6) is 1.26. The monoisotopic (exact) mass is 228 g/mol. The molecule has 1 aromatic heterocycles. The van der Waals surface area contributed by atoms with Crippen LogP contribution in [0.25, 0.3) is 0 Å². The fraction of sp³-hybridized carbons (Fsp3) is 0.700. The van der Waals surface area contributed by atoms with Crippen LogP contribution in [0.5, 0.6) is 0 Å². The third-order valence-electron chi connectivity index (χ3n) is 2.43. The molecule has 2 nitrogen and oxygen atoms in total. The molecule has 2 heterocycles. The summed E-state index contributed by atoms with van der Waals surface area (Å²) in [6, 6.07) is 0.706. The predicted octanol–water partition coefficient (Wildman–Crippen LogP) is 2.44. The second-order valence-electron chi connectivity index (χ2n) is 3.80. The van der Waals surface area contributed by atoms with Gasteiger partial charge in [0.05, 0.1) is 5.01 Å². The Labute approximate surface area is 93.5 Å². The Morgan fingerprint density at radius 1 is 1.64 bits per heavy atom. The molecule has 0 bridgehead atoms. The minimum absolute atomic E-state index is 0.706. The van der Waals surface area contributed by atoms with Crippen molar-refractivity contribution in [1.82, 2.24) is 10.3 Å². The van der Waals surface area contributed by atoms with Crippen molar-refractivity contribution >= 4 is 23.1 Å². The number of nitrogens with zero attached hydrogens (tertiary/aromatic N) is 1. The van der Waals surface area contributed by atoms with E-state index in [1.165, 1.54) is 17.1 Å². The quantitative estimate of drug-likeness (QED) is 0.860. The zero-order valence-corrected chi connectivity index (χ0v) is 10.3. The molecular formula is C10H16N2S2. The smallest absolute Gasteiger partial charge is 0.0897 e. The van der Waals surface area contributed by atoms with Gasteiger partial charge in [0.1, 0.15) is 0 Å². The molecule has 78 valence electrons. The van der Waals surface area contributed by atoms with Crippen LogP contribution in [0.2, 0.25) is 0 Å². The van der Waals surface area contributed by atoms with E-state index in [-0.39, 0.29) is 0 Å². The van der Waals surface area contributed by atoms with E-state index in [1.807, 2.05) is 6.20 Å². The van der Waals surface area contributed by atoms with E-state index >= 15 is 0 Å². The van der Waals surface area contributed by atoms with E-state index < -0.39 is 0 Å². The average molecular weight is 228 g/mol. The highest BCUT2D eigenvalue weighted by atomic mass is 32.2. The lowest BCUT2D eigenvalue weighted by atomic mass is 10.2. The maximum absolute atomic E-state index is 4.25. The van der Waals surface area contributed by atoms with Crippen molar-refractivity contribution in [2.75, 3.05) is 5.75 Å². The third kappa shape index (κ3) is 2.72. The van der Waals surface area contributed by atoms with Gasteiger partial charge in [-0.05, 0) is 13.3 Å². The second-order valence-corrected chi connectivity index (χ2v) is 6.59. The van der Waals surface area contributed by atoms with Gasteiger partial charge in [0, 0.05) is 34.7 Å². The SMILES string of the molecule is Cc1ncc(CNC2CSC(C)C2)s1. The highest BCUT2D eigenvalue weighted by molar-refractivity contribution is 8.00. The number of hydrogen-bond acceptors (Lipinski definition) is 4. The van der Waals surface area contributed by atoms with Crippen LogP contribution in [0, 0.1) is 6.92 Å². The Hall–Kier alpha value is -0.0600. The van der Waals surface area contributed by atoms with E-state index in [0.29, 0.717) is 6.04 Å². The fourth-order valence-corrected chi connectivity index (χ4v) is 3.62. The summed E-state index contributed by atoms with van der Waals surface area (Å²) in [5, 5.41) is 5.58. The number of aryl methyl sites for hydroxylation is 1. The van der Waals surface area contributed by atoms with Crippen molar-refractivity contribution < 1.29 is 0 Å². The van der Waals surface area contributed by atoms with Crippen LogP contribution in [0.15, 0.2) is 6.20 Å². The van der Waals surface area contributed by atoms with E-state index in [2.05, 4.69) is 35.9 Å². The van der Waals surface area contributed by atoms with Gasteiger partial charge in [-0.15, -0.1) is 11.3 Å². The van der Waals surface area contributed by atoms with E-state index in [1.54, 1.807) is 11.3 Å². The van der Waals surface area contributed by atoms with Crippen LogP contribution in [-0.2, 0) is 6.54 Å². The average Bonchev–Trinajstić information content (AvgIpc) is 2.72. The lowest BCUT2D eigenvalue weighted by molar-refractivity contribution is 0.541. The summed E-state index contributed by atoms with van der Waals surface area (Å²) in [5.41, 5.74) is 0. The first-order valence-electron chi connectivity index (χ1n) is 5.00. The van der Waals surface area contributed by atoms with Gasteiger partial charge in [0.2, 0.25) is 0 Å². The number of thioether (sulfide) groups is 1. The summed E-state index contributed by atoms with van der Waals surface area (Å²) >= 11 is 3.86. The van der Waals surface area contributed by atoms with Gasteiger partial charge in [0.15, 0.2) is 0 Å². The molecule has 0 aliphatic carbocycles. The van der Waals surface area contributed by atoms with Gasteiger partial charge >= 0.3 is 0 Å². The van der Waals surface area contributed by atoms with E-state index in [0.717, 1.165) is 16.8 Å². The predicted molar refractivity (Wildman–Crippen MR) is 64.0 cm³/mol. The largest absolute Gasteiger partial charge is 0.308 e. The zero-order valence-electron chi connectivity index (χ0n) is 8.62. The van der Waals surface area contributed by atoms with Gasteiger partial charge in [-0.25, -0.2) is 4.98 Å². The van der Waals surface area contributed by atoms with Gasteiger partial charge < -0.3 is 5.32 Å². The first kappa shape index (κ1) is 10.5. The van der Waals surface area contributed by atoms with Crippen LogP contribution in [-0.4, -0.2) is 22.0 Å². The molecular weight excluding hydrogens is 212 g/mol. The number of hydrogen-bond donors (Lipinski definition) is 1. The number of aromatic nitrogens is 1. The molecule has 0 spiro atoms. The van der Waals surface area contributed by atoms with Crippen LogP contribution in [0.4, 0.5) is 0 Å². The molecule has 1 aliphatic heterocycles. The summed E-state index contributed by atoms with van der Waals surface area (Å²) < 4.78 is 0.